The molecule has 0 heterocycles. The van der Waals surface area contributed by atoms with Crippen LogP contribution in [0.4, 0.5) is 0 Å². The lowest BCUT2D eigenvalue weighted by Crippen LogP contribution is -2.50. The molecule has 0 saturated carbocycles. The average Bonchev–Trinajstić information content (AvgIpc) is 2.40. The van der Waals surface area contributed by atoms with E-state index in [1.165, 1.54) is 0 Å². The normalized spacial score (nSPS) is 13.5. The van der Waals surface area contributed by atoms with Gasteiger partial charge in [-0.05, 0) is 19.8 Å². The van der Waals surface area contributed by atoms with Gasteiger partial charge in [0.2, 0.25) is 5.96 Å². The standard InChI is InChI=1S/C12H28N4O2/c1-5-11(2)16(8-10-18-4)12(15-13)14-7-6-9-17-3/h11H,5-10,13H2,1-4H3,(H,14,15). The van der Waals surface area contributed by atoms with Crippen LogP contribution in [0.5, 0.6) is 0 Å². The van der Waals surface area contributed by atoms with E-state index in [-0.39, 0.29) is 0 Å². The van der Waals surface area contributed by atoms with Crippen molar-refractivity contribution in [2.24, 2.45) is 10.8 Å². The third-order valence-corrected chi connectivity index (χ3v) is 2.83. The highest BCUT2D eigenvalue weighted by Crippen LogP contribution is 2.04. The van der Waals surface area contributed by atoms with Crippen LogP contribution in [0, 0.1) is 0 Å². The van der Waals surface area contributed by atoms with E-state index < -0.39 is 0 Å². The predicted molar refractivity (Wildman–Crippen MR) is 74.5 cm³/mol. The van der Waals surface area contributed by atoms with E-state index in [4.69, 9.17) is 15.3 Å². The summed E-state index contributed by atoms with van der Waals surface area (Å²) in [5.74, 6) is 6.28. The molecule has 6 nitrogen and oxygen atoms in total. The molecule has 0 spiro atoms. The van der Waals surface area contributed by atoms with E-state index in [1.807, 2.05) is 0 Å². The minimum atomic E-state index is 0.373. The largest absolute Gasteiger partial charge is 0.385 e. The summed E-state index contributed by atoms with van der Waals surface area (Å²) < 4.78 is 10.1. The van der Waals surface area contributed by atoms with E-state index in [2.05, 4.69) is 29.2 Å². The van der Waals surface area contributed by atoms with Gasteiger partial charge in [0.05, 0.1) is 6.61 Å². The van der Waals surface area contributed by atoms with Crippen LogP contribution in [-0.4, -0.2) is 57.4 Å². The van der Waals surface area contributed by atoms with Gasteiger partial charge in [-0.2, -0.15) is 0 Å². The van der Waals surface area contributed by atoms with Crippen molar-refractivity contribution in [3.05, 3.63) is 0 Å². The molecule has 0 fully saturated rings. The Labute approximate surface area is 110 Å². The SMILES string of the molecule is CCC(C)N(CCOC)C(=NCCCOC)NN. The molecule has 1 unspecified atom stereocenters. The quantitative estimate of drug-likeness (QED) is 0.209. The van der Waals surface area contributed by atoms with Gasteiger partial charge in [0.25, 0.3) is 0 Å². The number of methoxy groups -OCH3 is 2. The van der Waals surface area contributed by atoms with Crippen LogP contribution < -0.4 is 11.3 Å². The molecule has 1 atom stereocenters. The first kappa shape index (κ1) is 17.2. The van der Waals surface area contributed by atoms with Crippen molar-refractivity contribution < 1.29 is 9.47 Å². The molecular weight excluding hydrogens is 232 g/mol. The lowest BCUT2D eigenvalue weighted by Gasteiger charge is -2.30. The summed E-state index contributed by atoms with van der Waals surface area (Å²) in [4.78, 5) is 6.61. The molecule has 0 bridgehead atoms. The fraction of sp³-hybridized carbons (Fsp3) is 0.917. The van der Waals surface area contributed by atoms with Gasteiger partial charge >= 0.3 is 0 Å². The van der Waals surface area contributed by atoms with Crippen LogP contribution in [0.25, 0.3) is 0 Å². The summed E-state index contributed by atoms with van der Waals surface area (Å²) in [6.45, 7) is 7.14. The minimum Gasteiger partial charge on any atom is -0.385 e. The summed E-state index contributed by atoms with van der Waals surface area (Å²) in [6, 6.07) is 0.373. The highest BCUT2D eigenvalue weighted by Gasteiger charge is 2.15. The third-order valence-electron chi connectivity index (χ3n) is 2.83. The van der Waals surface area contributed by atoms with Gasteiger partial charge in [-0.25, -0.2) is 5.84 Å². The second kappa shape index (κ2) is 11.3. The summed E-state index contributed by atoms with van der Waals surface area (Å²) in [5, 5.41) is 0. The number of hydrogen-bond donors (Lipinski definition) is 2. The van der Waals surface area contributed by atoms with Crippen LogP contribution in [0.2, 0.25) is 0 Å². The average molecular weight is 260 g/mol. The Morgan fingerprint density at radius 1 is 1.33 bits per heavy atom. The molecule has 0 amide bonds. The fourth-order valence-electron chi connectivity index (χ4n) is 1.56. The van der Waals surface area contributed by atoms with Crippen molar-refractivity contribution in [2.75, 3.05) is 40.5 Å². The maximum absolute atomic E-state index is 5.56. The van der Waals surface area contributed by atoms with Crippen LogP contribution in [0.3, 0.4) is 0 Å². The van der Waals surface area contributed by atoms with E-state index in [1.54, 1.807) is 14.2 Å². The maximum atomic E-state index is 5.56. The predicted octanol–water partition coefficient (Wildman–Crippen LogP) is 0.589. The first-order chi connectivity index (χ1) is 8.71. The van der Waals surface area contributed by atoms with Crippen LogP contribution in [-0.2, 0) is 9.47 Å². The van der Waals surface area contributed by atoms with Gasteiger partial charge in [0.15, 0.2) is 0 Å². The number of ether oxygens (including phenoxy) is 2. The van der Waals surface area contributed by atoms with Gasteiger partial charge in [-0.3, -0.25) is 10.4 Å². The van der Waals surface area contributed by atoms with Gasteiger partial charge in [0, 0.05) is 40.0 Å². The molecule has 0 aliphatic heterocycles. The Kier molecular flexibility index (Phi) is 10.7. The third kappa shape index (κ3) is 6.78. The number of rotatable bonds is 9. The van der Waals surface area contributed by atoms with E-state index >= 15 is 0 Å². The highest BCUT2D eigenvalue weighted by molar-refractivity contribution is 5.79. The van der Waals surface area contributed by atoms with Crippen LogP contribution in [0.1, 0.15) is 26.7 Å². The molecule has 0 rings (SSSR count). The van der Waals surface area contributed by atoms with Gasteiger partial charge < -0.3 is 14.4 Å². The van der Waals surface area contributed by atoms with E-state index in [0.29, 0.717) is 25.8 Å². The Hall–Kier alpha value is -0.850. The molecule has 0 aliphatic rings. The van der Waals surface area contributed by atoms with Gasteiger partial charge in [-0.15, -0.1) is 0 Å². The fourth-order valence-corrected chi connectivity index (χ4v) is 1.56. The van der Waals surface area contributed by atoms with Crippen LogP contribution in [0.15, 0.2) is 4.99 Å². The zero-order valence-corrected chi connectivity index (χ0v) is 12.1. The topological polar surface area (TPSA) is 72.1 Å². The number of nitrogens with zero attached hydrogens (tertiary/aromatic N) is 2. The Balaban J connectivity index is 4.47. The number of guanidine groups is 1. The van der Waals surface area contributed by atoms with Crippen molar-refractivity contribution in [3.63, 3.8) is 0 Å². The molecule has 0 radical (unpaired) electrons. The smallest absolute Gasteiger partial charge is 0.208 e. The van der Waals surface area contributed by atoms with Crippen molar-refractivity contribution in [1.29, 1.82) is 0 Å². The van der Waals surface area contributed by atoms with E-state index in [9.17, 15) is 0 Å². The molecule has 18 heavy (non-hydrogen) atoms. The van der Waals surface area contributed by atoms with Crippen molar-refractivity contribution >= 4 is 5.96 Å². The zero-order chi connectivity index (χ0) is 13.8. The van der Waals surface area contributed by atoms with Crippen molar-refractivity contribution in [1.82, 2.24) is 10.3 Å². The number of aliphatic imine (C=N–C) groups is 1. The first-order valence-electron chi connectivity index (χ1n) is 6.46. The summed E-state index contributed by atoms with van der Waals surface area (Å²) in [7, 11) is 3.38. The number of hydrazine groups is 1. The van der Waals surface area contributed by atoms with Gasteiger partial charge in [0.1, 0.15) is 0 Å². The second-order valence-corrected chi connectivity index (χ2v) is 4.14. The Morgan fingerprint density at radius 3 is 2.50 bits per heavy atom. The molecule has 0 aromatic rings. The lowest BCUT2D eigenvalue weighted by atomic mass is 10.2. The highest BCUT2D eigenvalue weighted by atomic mass is 16.5. The number of nitrogens with two attached hydrogens (primary N) is 1. The minimum absolute atomic E-state index is 0.373. The second-order valence-electron chi connectivity index (χ2n) is 4.14. The molecule has 0 saturated heterocycles. The molecule has 0 aromatic carbocycles. The molecule has 6 heteroatoms. The molecular formula is C12H28N4O2. The Morgan fingerprint density at radius 2 is 2.00 bits per heavy atom. The number of hydrogen-bond acceptors (Lipinski definition) is 4. The summed E-state index contributed by atoms with van der Waals surface area (Å²) in [6.07, 6.45) is 1.92. The summed E-state index contributed by atoms with van der Waals surface area (Å²) in [5.41, 5.74) is 2.68. The lowest BCUT2D eigenvalue weighted by molar-refractivity contribution is 0.161. The monoisotopic (exact) mass is 260 g/mol. The van der Waals surface area contributed by atoms with Crippen molar-refractivity contribution in [2.45, 2.75) is 32.7 Å². The first-order valence-corrected chi connectivity index (χ1v) is 6.46. The maximum Gasteiger partial charge on any atom is 0.208 e. The molecule has 3 N–H and O–H groups in total. The van der Waals surface area contributed by atoms with E-state index in [0.717, 1.165) is 25.3 Å². The molecule has 0 aromatic heterocycles. The molecule has 0 aliphatic carbocycles. The van der Waals surface area contributed by atoms with Crippen molar-refractivity contribution in [3.8, 4) is 0 Å². The van der Waals surface area contributed by atoms with Crippen LogP contribution >= 0.6 is 0 Å². The molecule has 108 valence electrons. The number of nitrogens with one attached hydrogen (secondary N) is 1. The summed E-state index contributed by atoms with van der Waals surface area (Å²) >= 11 is 0. The Bertz CT molecular complexity index is 224. The van der Waals surface area contributed by atoms with Gasteiger partial charge in [-0.1, -0.05) is 6.92 Å². The zero-order valence-electron chi connectivity index (χ0n) is 12.1.